The summed E-state index contributed by atoms with van der Waals surface area (Å²) < 4.78 is 32.2. The maximum atomic E-state index is 12.9. The topological polar surface area (TPSA) is 96.0 Å². The van der Waals surface area contributed by atoms with Gasteiger partial charge in [0.1, 0.15) is 5.00 Å². The number of carbonyl (C=O) groups is 2. The van der Waals surface area contributed by atoms with Gasteiger partial charge in [0.15, 0.2) is 0 Å². The minimum Gasteiger partial charge on any atom is -0.465 e. The number of fused-ring (bicyclic) bond motifs is 1. The maximum absolute atomic E-state index is 12.9. The highest BCUT2D eigenvalue weighted by atomic mass is 32.2. The number of anilines is 1. The quantitative estimate of drug-likeness (QED) is 0.721. The zero-order valence-electron chi connectivity index (χ0n) is 16.5. The Hall–Kier alpha value is -1.49. The number of piperidine rings is 1. The van der Waals surface area contributed by atoms with Crippen molar-refractivity contribution in [1.29, 1.82) is 0 Å². The summed E-state index contributed by atoms with van der Waals surface area (Å²) in [6, 6.07) is 0. The molecule has 0 saturated carbocycles. The molecule has 2 heterocycles. The van der Waals surface area contributed by atoms with Crippen molar-refractivity contribution in [1.82, 2.24) is 8.61 Å². The second kappa shape index (κ2) is 8.48. The second-order valence-electron chi connectivity index (χ2n) is 7.38. The lowest BCUT2D eigenvalue weighted by molar-refractivity contribution is -0.120. The number of aryl methyl sites for hydroxylation is 1. The Bertz CT molecular complexity index is 863. The number of esters is 1. The first-order chi connectivity index (χ1) is 13.3. The van der Waals surface area contributed by atoms with E-state index < -0.39 is 22.1 Å². The predicted octanol–water partition coefficient (Wildman–Crippen LogP) is 1.87. The number of carbonyl (C=O) groups excluding carboxylic acids is 2. The molecule has 1 atom stereocenters. The average molecular weight is 430 g/mol. The molecule has 0 spiro atoms. The van der Waals surface area contributed by atoms with Crippen LogP contribution in [0.1, 0.15) is 46.5 Å². The molecule has 156 valence electrons. The molecule has 0 bridgehead atoms. The van der Waals surface area contributed by atoms with E-state index in [0.717, 1.165) is 40.4 Å². The Morgan fingerprint density at radius 1 is 1.21 bits per heavy atom. The van der Waals surface area contributed by atoms with Crippen LogP contribution in [0.15, 0.2) is 0 Å². The Morgan fingerprint density at radius 2 is 1.93 bits per heavy atom. The lowest BCUT2D eigenvalue weighted by Crippen LogP contribution is -2.47. The minimum atomic E-state index is -3.55. The summed E-state index contributed by atoms with van der Waals surface area (Å²) >= 11 is 1.44. The number of rotatable bonds is 5. The zero-order chi connectivity index (χ0) is 20.5. The van der Waals surface area contributed by atoms with Gasteiger partial charge in [-0.3, -0.25) is 4.79 Å². The van der Waals surface area contributed by atoms with Gasteiger partial charge in [-0.1, -0.05) is 0 Å². The third kappa shape index (κ3) is 4.10. The molecule has 1 N–H and O–H groups in total. The van der Waals surface area contributed by atoms with Gasteiger partial charge in [0, 0.05) is 32.1 Å². The van der Waals surface area contributed by atoms with Crippen LogP contribution in [0.4, 0.5) is 5.00 Å². The van der Waals surface area contributed by atoms with Crippen LogP contribution >= 0.6 is 11.3 Å². The Balaban J connectivity index is 1.79. The molecule has 0 unspecified atom stereocenters. The van der Waals surface area contributed by atoms with Crippen LogP contribution in [-0.4, -0.2) is 63.2 Å². The van der Waals surface area contributed by atoms with Crippen LogP contribution in [0.25, 0.3) is 0 Å². The lowest BCUT2D eigenvalue weighted by Gasteiger charge is -2.32. The van der Waals surface area contributed by atoms with Gasteiger partial charge in [0.2, 0.25) is 5.91 Å². The monoisotopic (exact) mass is 429 g/mol. The van der Waals surface area contributed by atoms with Crippen molar-refractivity contribution >= 4 is 38.4 Å². The number of thiophene rings is 1. The first-order valence-electron chi connectivity index (χ1n) is 9.47. The SMILES string of the molecule is COC(=O)c1c(NC(=O)[C@@H]2CCCN(S(=O)(=O)N(C)C)C2)sc2c1CCCC2. The highest BCUT2D eigenvalue weighted by Crippen LogP contribution is 2.39. The van der Waals surface area contributed by atoms with Gasteiger partial charge in [-0.2, -0.15) is 17.0 Å². The zero-order valence-corrected chi connectivity index (χ0v) is 18.1. The van der Waals surface area contributed by atoms with Crippen molar-refractivity contribution in [2.45, 2.75) is 38.5 Å². The second-order valence-corrected chi connectivity index (χ2v) is 10.6. The first kappa shape index (κ1) is 21.2. The van der Waals surface area contributed by atoms with E-state index in [4.69, 9.17) is 4.74 Å². The summed E-state index contributed by atoms with van der Waals surface area (Å²) in [4.78, 5) is 26.3. The Morgan fingerprint density at radius 3 is 2.61 bits per heavy atom. The van der Waals surface area contributed by atoms with E-state index in [1.54, 1.807) is 0 Å². The third-order valence-electron chi connectivity index (χ3n) is 5.34. The van der Waals surface area contributed by atoms with Crippen molar-refractivity contribution < 1.29 is 22.7 Å². The fraction of sp³-hybridized carbons (Fsp3) is 0.667. The van der Waals surface area contributed by atoms with Crippen molar-refractivity contribution in [3.05, 3.63) is 16.0 Å². The van der Waals surface area contributed by atoms with Gasteiger partial charge in [-0.15, -0.1) is 11.3 Å². The van der Waals surface area contributed by atoms with Crippen LogP contribution in [-0.2, 0) is 32.6 Å². The number of ether oxygens (including phenoxy) is 1. The smallest absolute Gasteiger partial charge is 0.341 e. The Labute approximate surface area is 170 Å². The molecule has 8 nitrogen and oxygen atoms in total. The molecule has 0 aromatic carbocycles. The van der Waals surface area contributed by atoms with Crippen molar-refractivity contribution in [2.75, 3.05) is 39.6 Å². The van der Waals surface area contributed by atoms with Gasteiger partial charge in [0.25, 0.3) is 10.2 Å². The normalized spacial score (nSPS) is 20.6. The van der Waals surface area contributed by atoms with E-state index >= 15 is 0 Å². The summed E-state index contributed by atoms with van der Waals surface area (Å²) in [5.74, 6) is -1.13. The minimum absolute atomic E-state index is 0.144. The Kier molecular flexibility index (Phi) is 6.43. The van der Waals surface area contributed by atoms with Gasteiger partial charge in [-0.25, -0.2) is 4.79 Å². The van der Waals surface area contributed by atoms with E-state index in [0.29, 0.717) is 30.0 Å². The number of amides is 1. The van der Waals surface area contributed by atoms with Gasteiger partial charge < -0.3 is 10.1 Å². The van der Waals surface area contributed by atoms with Crippen LogP contribution in [0.2, 0.25) is 0 Å². The average Bonchev–Trinajstić information content (AvgIpc) is 3.05. The summed E-state index contributed by atoms with van der Waals surface area (Å²) in [6.07, 6.45) is 5.03. The lowest BCUT2D eigenvalue weighted by atomic mass is 9.95. The molecule has 1 aliphatic carbocycles. The van der Waals surface area contributed by atoms with E-state index in [2.05, 4.69) is 5.32 Å². The molecule has 28 heavy (non-hydrogen) atoms. The highest BCUT2D eigenvalue weighted by Gasteiger charge is 2.35. The summed E-state index contributed by atoms with van der Waals surface area (Å²) in [7, 11) is 0.755. The van der Waals surface area contributed by atoms with Crippen LogP contribution in [0, 0.1) is 5.92 Å². The van der Waals surface area contributed by atoms with Crippen molar-refractivity contribution in [3.63, 3.8) is 0 Å². The van der Waals surface area contributed by atoms with E-state index in [9.17, 15) is 18.0 Å². The molecular formula is C18H27N3O5S2. The molecule has 1 aromatic rings. The molecule has 3 rings (SSSR count). The van der Waals surface area contributed by atoms with Gasteiger partial charge >= 0.3 is 5.97 Å². The molecular weight excluding hydrogens is 402 g/mol. The standard InChI is InChI=1S/C18H27N3O5S2/c1-20(2)28(24,25)21-10-6-7-12(11-21)16(22)19-17-15(18(23)26-3)13-8-4-5-9-14(13)27-17/h12H,4-11H2,1-3H3,(H,19,22)/t12-/m1/s1. The fourth-order valence-corrected chi connectivity index (χ4v) is 6.25. The van der Waals surface area contributed by atoms with E-state index in [1.807, 2.05) is 0 Å². The molecule has 1 saturated heterocycles. The van der Waals surface area contributed by atoms with Gasteiger partial charge in [-0.05, 0) is 44.1 Å². The van der Waals surface area contributed by atoms with Crippen LogP contribution in [0.5, 0.6) is 0 Å². The highest BCUT2D eigenvalue weighted by molar-refractivity contribution is 7.86. The summed E-state index contributed by atoms with van der Waals surface area (Å²) in [5.41, 5.74) is 1.45. The number of hydrogen-bond donors (Lipinski definition) is 1. The first-order valence-corrected chi connectivity index (χ1v) is 11.7. The molecule has 1 fully saturated rings. The van der Waals surface area contributed by atoms with E-state index in [-0.39, 0.29) is 12.5 Å². The molecule has 1 aliphatic heterocycles. The predicted molar refractivity (Wildman–Crippen MR) is 108 cm³/mol. The molecule has 0 radical (unpaired) electrons. The number of hydrogen-bond acceptors (Lipinski definition) is 6. The van der Waals surface area contributed by atoms with E-state index in [1.165, 1.54) is 36.8 Å². The maximum Gasteiger partial charge on any atom is 0.341 e. The van der Waals surface area contributed by atoms with Crippen molar-refractivity contribution in [3.8, 4) is 0 Å². The van der Waals surface area contributed by atoms with Crippen LogP contribution in [0.3, 0.4) is 0 Å². The third-order valence-corrected chi connectivity index (χ3v) is 8.45. The molecule has 10 heteroatoms. The molecule has 1 aromatic heterocycles. The summed E-state index contributed by atoms with van der Waals surface area (Å²) in [6.45, 7) is 0.552. The van der Waals surface area contributed by atoms with Crippen molar-refractivity contribution in [2.24, 2.45) is 5.92 Å². The van der Waals surface area contributed by atoms with Crippen LogP contribution < -0.4 is 5.32 Å². The number of nitrogens with zero attached hydrogens (tertiary/aromatic N) is 2. The number of methoxy groups -OCH3 is 1. The van der Waals surface area contributed by atoms with Gasteiger partial charge in [0.05, 0.1) is 18.6 Å². The number of nitrogens with one attached hydrogen (secondary N) is 1. The fourth-order valence-electron chi connectivity index (χ4n) is 3.78. The summed E-state index contributed by atoms with van der Waals surface area (Å²) in [5, 5.41) is 3.42. The molecule has 1 amide bonds. The molecule has 2 aliphatic rings. The largest absolute Gasteiger partial charge is 0.465 e.